The van der Waals surface area contributed by atoms with Crippen molar-refractivity contribution in [2.45, 2.75) is 67.7 Å². The highest BCUT2D eigenvalue weighted by Gasteiger charge is 2.12. The van der Waals surface area contributed by atoms with Gasteiger partial charge in [0.25, 0.3) is 0 Å². The maximum Gasteiger partial charge on any atom is -0.00138 e. The molecule has 0 radical (unpaired) electrons. The molecule has 0 fully saturated rings. The van der Waals surface area contributed by atoms with Crippen molar-refractivity contribution in [3.05, 3.63) is 0 Å². The lowest BCUT2D eigenvalue weighted by Crippen LogP contribution is -2.29. The fourth-order valence-corrected chi connectivity index (χ4v) is 1.46. The molecule has 0 bridgehead atoms. The average molecular weight is 215 g/mol. The van der Waals surface area contributed by atoms with Crippen LogP contribution in [0.5, 0.6) is 0 Å². The van der Waals surface area contributed by atoms with Crippen molar-refractivity contribution < 1.29 is 0 Å². The van der Waals surface area contributed by atoms with Crippen LogP contribution in [0.4, 0.5) is 0 Å². The van der Waals surface area contributed by atoms with E-state index in [1.807, 2.05) is 13.8 Å². The Balaban J connectivity index is 0. The fraction of sp³-hybridized carbons (Fsp3) is 1.00. The SMILES string of the molecule is CC.CCCN(CCC)CCC(C)(C)C. The molecule has 0 aromatic rings. The van der Waals surface area contributed by atoms with E-state index in [1.165, 1.54) is 38.9 Å². The van der Waals surface area contributed by atoms with Crippen LogP contribution in [0.25, 0.3) is 0 Å². The van der Waals surface area contributed by atoms with E-state index >= 15 is 0 Å². The molecule has 0 aliphatic heterocycles. The summed E-state index contributed by atoms with van der Waals surface area (Å²) in [7, 11) is 0. The predicted molar refractivity (Wildman–Crippen MR) is 72.4 cm³/mol. The van der Waals surface area contributed by atoms with Crippen LogP contribution in [0.1, 0.15) is 67.7 Å². The molecule has 0 atom stereocenters. The van der Waals surface area contributed by atoms with Gasteiger partial charge in [-0.15, -0.1) is 0 Å². The highest BCUT2D eigenvalue weighted by molar-refractivity contribution is 4.65. The predicted octanol–water partition coefficient (Wildman–Crippen LogP) is 4.57. The molecule has 1 nitrogen and oxygen atoms in total. The summed E-state index contributed by atoms with van der Waals surface area (Å²) in [6, 6.07) is 0. The van der Waals surface area contributed by atoms with Crippen molar-refractivity contribution in [1.29, 1.82) is 0 Å². The topological polar surface area (TPSA) is 3.24 Å². The Morgan fingerprint density at radius 2 is 1.20 bits per heavy atom. The molecular weight excluding hydrogens is 182 g/mol. The molecule has 0 saturated heterocycles. The minimum absolute atomic E-state index is 0.486. The molecule has 0 aromatic heterocycles. The molecule has 0 amide bonds. The van der Waals surface area contributed by atoms with Gasteiger partial charge in [0, 0.05) is 0 Å². The summed E-state index contributed by atoms with van der Waals surface area (Å²) in [6.07, 6.45) is 3.88. The first-order valence-corrected chi connectivity index (χ1v) is 6.72. The summed E-state index contributed by atoms with van der Waals surface area (Å²) in [6.45, 7) is 19.3. The van der Waals surface area contributed by atoms with Crippen molar-refractivity contribution >= 4 is 0 Å². The average Bonchev–Trinajstić information content (AvgIpc) is 2.17. The largest absolute Gasteiger partial charge is 0.303 e. The third kappa shape index (κ3) is 14.0. The van der Waals surface area contributed by atoms with E-state index in [4.69, 9.17) is 0 Å². The molecule has 0 aromatic carbocycles. The highest BCUT2D eigenvalue weighted by Crippen LogP contribution is 2.18. The first kappa shape index (κ1) is 17.4. The second-order valence-corrected chi connectivity index (χ2v) is 5.15. The van der Waals surface area contributed by atoms with Crippen LogP contribution in [0.15, 0.2) is 0 Å². The van der Waals surface area contributed by atoms with Crippen molar-refractivity contribution in [2.75, 3.05) is 19.6 Å². The standard InChI is InChI=1S/C12H27N.C2H6/c1-6-9-13(10-7-2)11-8-12(3,4)5;1-2/h6-11H2,1-5H3;1-2H3. The molecule has 15 heavy (non-hydrogen) atoms. The van der Waals surface area contributed by atoms with Gasteiger partial charge in [0.15, 0.2) is 0 Å². The van der Waals surface area contributed by atoms with Crippen LogP contribution in [0.2, 0.25) is 0 Å². The van der Waals surface area contributed by atoms with E-state index in [9.17, 15) is 0 Å². The van der Waals surface area contributed by atoms with Gasteiger partial charge < -0.3 is 4.90 Å². The smallest absolute Gasteiger partial charge is 0.00138 e. The molecule has 0 unspecified atom stereocenters. The van der Waals surface area contributed by atoms with Gasteiger partial charge in [-0.25, -0.2) is 0 Å². The summed E-state index contributed by atoms with van der Waals surface area (Å²) in [5.41, 5.74) is 0.486. The Bertz CT molecular complexity index is 107. The minimum Gasteiger partial charge on any atom is -0.303 e. The summed E-state index contributed by atoms with van der Waals surface area (Å²) in [5.74, 6) is 0. The van der Waals surface area contributed by atoms with Crippen LogP contribution < -0.4 is 0 Å². The van der Waals surface area contributed by atoms with Crippen molar-refractivity contribution in [3.63, 3.8) is 0 Å². The third-order valence-electron chi connectivity index (χ3n) is 2.26. The quantitative estimate of drug-likeness (QED) is 0.627. The number of hydrogen-bond donors (Lipinski definition) is 0. The molecule has 0 N–H and O–H groups in total. The normalized spacial score (nSPS) is 11.2. The number of rotatable bonds is 6. The van der Waals surface area contributed by atoms with E-state index in [1.54, 1.807) is 0 Å². The Hall–Kier alpha value is -0.0400. The lowest BCUT2D eigenvalue weighted by molar-refractivity contribution is 0.228. The lowest BCUT2D eigenvalue weighted by Gasteiger charge is -2.26. The molecule has 1 heteroatoms. The van der Waals surface area contributed by atoms with E-state index in [-0.39, 0.29) is 0 Å². The maximum atomic E-state index is 2.59. The maximum absolute atomic E-state index is 2.59. The van der Waals surface area contributed by atoms with E-state index in [2.05, 4.69) is 39.5 Å². The molecule has 94 valence electrons. The number of nitrogens with zero attached hydrogens (tertiary/aromatic N) is 1. The molecule has 0 rings (SSSR count). The zero-order valence-corrected chi connectivity index (χ0v) is 12.2. The van der Waals surface area contributed by atoms with Crippen LogP contribution in [0, 0.1) is 5.41 Å². The third-order valence-corrected chi connectivity index (χ3v) is 2.26. The molecular formula is C14H33N. The molecule has 0 aliphatic carbocycles. The van der Waals surface area contributed by atoms with Gasteiger partial charge in [-0.2, -0.15) is 0 Å². The van der Waals surface area contributed by atoms with Gasteiger partial charge >= 0.3 is 0 Å². The Labute approximate surface area is 98.2 Å². The van der Waals surface area contributed by atoms with Gasteiger partial charge in [-0.1, -0.05) is 48.5 Å². The molecule has 0 heterocycles. The zero-order valence-electron chi connectivity index (χ0n) is 12.2. The molecule has 0 aliphatic rings. The van der Waals surface area contributed by atoms with Gasteiger partial charge in [0.2, 0.25) is 0 Å². The molecule has 0 saturated carbocycles. The Morgan fingerprint density at radius 3 is 1.47 bits per heavy atom. The second-order valence-electron chi connectivity index (χ2n) is 5.15. The first-order chi connectivity index (χ1) is 6.99. The van der Waals surface area contributed by atoms with Gasteiger partial charge in [-0.3, -0.25) is 0 Å². The Kier molecular flexibility index (Phi) is 12.1. The van der Waals surface area contributed by atoms with Crippen LogP contribution >= 0.6 is 0 Å². The fourth-order valence-electron chi connectivity index (χ4n) is 1.46. The van der Waals surface area contributed by atoms with E-state index in [0.717, 1.165) is 0 Å². The van der Waals surface area contributed by atoms with Gasteiger partial charge in [-0.05, 0) is 44.3 Å². The van der Waals surface area contributed by atoms with E-state index < -0.39 is 0 Å². The minimum atomic E-state index is 0.486. The summed E-state index contributed by atoms with van der Waals surface area (Å²) in [5, 5.41) is 0. The lowest BCUT2D eigenvalue weighted by atomic mass is 9.92. The van der Waals surface area contributed by atoms with Crippen LogP contribution in [-0.4, -0.2) is 24.5 Å². The monoisotopic (exact) mass is 215 g/mol. The van der Waals surface area contributed by atoms with Crippen LogP contribution in [-0.2, 0) is 0 Å². The van der Waals surface area contributed by atoms with E-state index in [0.29, 0.717) is 5.41 Å². The molecule has 0 spiro atoms. The second kappa shape index (κ2) is 10.5. The Morgan fingerprint density at radius 1 is 0.800 bits per heavy atom. The van der Waals surface area contributed by atoms with Crippen molar-refractivity contribution in [1.82, 2.24) is 4.90 Å². The van der Waals surface area contributed by atoms with Crippen molar-refractivity contribution in [2.24, 2.45) is 5.41 Å². The van der Waals surface area contributed by atoms with Crippen LogP contribution in [0.3, 0.4) is 0 Å². The van der Waals surface area contributed by atoms with Gasteiger partial charge in [0.1, 0.15) is 0 Å². The number of hydrogen-bond acceptors (Lipinski definition) is 1. The summed E-state index contributed by atoms with van der Waals surface area (Å²) < 4.78 is 0. The zero-order chi connectivity index (χ0) is 12.3. The van der Waals surface area contributed by atoms with Crippen molar-refractivity contribution in [3.8, 4) is 0 Å². The summed E-state index contributed by atoms with van der Waals surface area (Å²) in [4.78, 5) is 2.59. The summed E-state index contributed by atoms with van der Waals surface area (Å²) >= 11 is 0. The highest BCUT2D eigenvalue weighted by atomic mass is 15.1. The first-order valence-electron chi connectivity index (χ1n) is 6.72. The van der Waals surface area contributed by atoms with Gasteiger partial charge in [0.05, 0.1) is 0 Å².